The van der Waals surface area contributed by atoms with Crippen LogP contribution in [0.25, 0.3) is 0 Å². The first-order valence-electron chi connectivity index (χ1n) is 6.57. The molecule has 0 radical (unpaired) electrons. The lowest BCUT2D eigenvalue weighted by atomic mass is 10.1. The fraction of sp³-hybridized carbons (Fsp3) is 0.467. The van der Waals surface area contributed by atoms with Crippen LogP contribution in [0, 0.1) is 12.8 Å². The summed E-state index contributed by atoms with van der Waals surface area (Å²) in [6.07, 6.45) is -0.112. The van der Waals surface area contributed by atoms with Gasteiger partial charge in [-0.05, 0) is 24.0 Å². The fourth-order valence-electron chi connectivity index (χ4n) is 1.59. The van der Waals surface area contributed by atoms with Crippen LogP contribution in [0.5, 0.6) is 0 Å². The Morgan fingerprint density at radius 1 is 1.11 bits per heavy atom. The molecular weight excluding hydrogens is 240 g/mol. The molecule has 104 valence electrons. The van der Waals surface area contributed by atoms with Crippen LogP contribution in [0.2, 0.25) is 0 Å². The molecular formula is C15H22N2O2. The third-order valence-electron chi connectivity index (χ3n) is 2.77. The van der Waals surface area contributed by atoms with Crippen LogP contribution < -0.4 is 10.6 Å². The molecule has 1 rings (SSSR count). The fourth-order valence-corrected chi connectivity index (χ4v) is 1.59. The molecule has 19 heavy (non-hydrogen) atoms. The van der Waals surface area contributed by atoms with Crippen LogP contribution in [-0.4, -0.2) is 18.4 Å². The van der Waals surface area contributed by atoms with Gasteiger partial charge in [-0.15, -0.1) is 0 Å². The van der Waals surface area contributed by atoms with Crippen molar-refractivity contribution in [3.63, 3.8) is 0 Å². The zero-order valence-electron chi connectivity index (χ0n) is 11.8. The number of benzene rings is 1. The van der Waals surface area contributed by atoms with Crippen molar-refractivity contribution < 1.29 is 9.59 Å². The van der Waals surface area contributed by atoms with Crippen LogP contribution in [-0.2, 0) is 16.1 Å². The van der Waals surface area contributed by atoms with Crippen molar-refractivity contribution in [3.05, 3.63) is 35.4 Å². The summed E-state index contributed by atoms with van der Waals surface area (Å²) >= 11 is 0. The molecule has 2 amide bonds. The van der Waals surface area contributed by atoms with Gasteiger partial charge in [0.2, 0.25) is 11.8 Å². The van der Waals surface area contributed by atoms with Crippen molar-refractivity contribution in [2.24, 2.45) is 5.92 Å². The van der Waals surface area contributed by atoms with Crippen LogP contribution in [0.1, 0.15) is 31.4 Å². The summed E-state index contributed by atoms with van der Waals surface area (Å²) in [7, 11) is 0. The van der Waals surface area contributed by atoms with Crippen molar-refractivity contribution in [1.82, 2.24) is 10.6 Å². The Kier molecular flexibility index (Phi) is 6.06. The van der Waals surface area contributed by atoms with Gasteiger partial charge >= 0.3 is 0 Å². The molecule has 2 N–H and O–H groups in total. The molecule has 4 nitrogen and oxygen atoms in total. The molecule has 1 aromatic rings. The van der Waals surface area contributed by atoms with Crippen molar-refractivity contribution >= 4 is 11.8 Å². The molecule has 1 aromatic carbocycles. The summed E-state index contributed by atoms with van der Waals surface area (Å²) in [6.45, 7) is 7.08. The number of hydrogen-bond donors (Lipinski definition) is 2. The second-order valence-corrected chi connectivity index (χ2v) is 5.08. The first-order chi connectivity index (χ1) is 8.99. The normalized spacial score (nSPS) is 10.3. The molecule has 0 atom stereocenters. The smallest absolute Gasteiger partial charge is 0.229 e. The summed E-state index contributed by atoms with van der Waals surface area (Å²) < 4.78 is 0. The topological polar surface area (TPSA) is 58.2 Å². The quantitative estimate of drug-likeness (QED) is 0.768. The molecule has 0 bridgehead atoms. The Bertz CT molecular complexity index is 442. The number of aryl methyl sites for hydroxylation is 1. The molecule has 0 aliphatic rings. The van der Waals surface area contributed by atoms with Crippen LogP contribution >= 0.6 is 0 Å². The lowest BCUT2D eigenvalue weighted by molar-refractivity contribution is -0.129. The minimum absolute atomic E-state index is 0.112. The van der Waals surface area contributed by atoms with Gasteiger partial charge in [0.1, 0.15) is 6.42 Å². The predicted molar refractivity (Wildman–Crippen MR) is 75.5 cm³/mol. The molecule has 4 heteroatoms. The third kappa shape index (κ3) is 6.04. The Balaban J connectivity index is 2.32. The predicted octanol–water partition coefficient (Wildman–Crippen LogP) is 1.77. The monoisotopic (exact) mass is 262 g/mol. The van der Waals surface area contributed by atoms with Crippen molar-refractivity contribution in [1.29, 1.82) is 0 Å². The van der Waals surface area contributed by atoms with Crippen LogP contribution in [0.4, 0.5) is 0 Å². The lowest BCUT2D eigenvalue weighted by Gasteiger charge is -2.09. The average Bonchev–Trinajstić information content (AvgIpc) is 2.35. The Morgan fingerprint density at radius 2 is 1.74 bits per heavy atom. The van der Waals surface area contributed by atoms with Crippen molar-refractivity contribution in [2.75, 3.05) is 6.54 Å². The van der Waals surface area contributed by atoms with E-state index in [9.17, 15) is 9.59 Å². The minimum atomic E-state index is -0.246. The van der Waals surface area contributed by atoms with Crippen molar-refractivity contribution in [3.8, 4) is 0 Å². The SMILES string of the molecule is Cc1ccccc1CNC(=O)CC(=O)NCC(C)C. The maximum Gasteiger partial charge on any atom is 0.229 e. The third-order valence-corrected chi connectivity index (χ3v) is 2.77. The molecule has 0 aliphatic heterocycles. The first kappa shape index (κ1) is 15.2. The van der Waals surface area contributed by atoms with Crippen molar-refractivity contribution in [2.45, 2.75) is 33.7 Å². The van der Waals surface area contributed by atoms with Crippen LogP contribution in [0.3, 0.4) is 0 Å². The largest absolute Gasteiger partial charge is 0.355 e. The number of carbonyl (C=O) groups excluding carboxylic acids is 2. The van der Waals surface area contributed by atoms with E-state index in [2.05, 4.69) is 10.6 Å². The van der Waals surface area contributed by atoms with E-state index in [1.165, 1.54) is 0 Å². The Labute approximate surface area is 114 Å². The van der Waals surface area contributed by atoms with E-state index < -0.39 is 0 Å². The zero-order valence-corrected chi connectivity index (χ0v) is 11.8. The molecule has 0 saturated heterocycles. The van der Waals surface area contributed by atoms with Gasteiger partial charge in [0, 0.05) is 13.1 Å². The highest BCUT2D eigenvalue weighted by molar-refractivity contribution is 5.96. The summed E-state index contributed by atoms with van der Waals surface area (Å²) in [6, 6.07) is 7.86. The van der Waals surface area contributed by atoms with Gasteiger partial charge in [-0.1, -0.05) is 38.1 Å². The molecule has 0 saturated carbocycles. The van der Waals surface area contributed by atoms with E-state index in [1.807, 2.05) is 45.0 Å². The zero-order chi connectivity index (χ0) is 14.3. The highest BCUT2D eigenvalue weighted by atomic mass is 16.2. The lowest BCUT2D eigenvalue weighted by Crippen LogP contribution is -2.33. The van der Waals surface area contributed by atoms with Gasteiger partial charge in [0.25, 0.3) is 0 Å². The maximum absolute atomic E-state index is 11.6. The number of amides is 2. The number of nitrogens with one attached hydrogen (secondary N) is 2. The summed E-state index contributed by atoms with van der Waals surface area (Å²) in [5.41, 5.74) is 2.20. The van der Waals surface area contributed by atoms with E-state index in [4.69, 9.17) is 0 Å². The highest BCUT2D eigenvalue weighted by Crippen LogP contribution is 2.06. The molecule has 0 aliphatic carbocycles. The highest BCUT2D eigenvalue weighted by Gasteiger charge is 2.09. The number of hydrogen-bond acceptors (Lipinski definition) is 2. The molecule has 0 aromatic heterocycles. The Hall–Kier alpha value is -1.84. The van der Waals surface area contributed by atoms with Gasteiger partial charge in [0.15, 0.2) is 0 Å². The second-order valence-electron chi connectivity index (χ2n) is 5.08. The van der Waals surface area contributed by atoms with Gasteiger partial charge in [-0.25, -0.2) is 0 Å². The van der Waals surface area contributed by atoms with E-state index in [0.29, 0.717) is 19.0 Å². The van der Waals surface area contributed by atoms with E-state index in [1.54, 1.807) is 0 Å². The number of carbonyl (C=O) groups is 2. The number of rotatable bonds is 6. The van der Waals surface area contributed by atoms with Gasteiger partial charge < -0.3 is 10.6 Å². The van der Waals surface area contributed by atoms with Crippen LogP contribution in [0.15, 0.2) is 24.3 Å². The minimum Gasteiger partial charge on any atom is -0.355 e. The summed E-state index contributed by atoms with van der Waals surface area (Å²) in [4.78, 5) is 23.1. The summed E-state index contributed by atoms with van der Waals surface area (Å²) in [5.74, 6) is -0.0838. The van der Waals surface area contributed by atoms with E-state index >= 15 is 0 Å². The van der Waals surface area contributed by atoms with Gasteiger partial charge in [-0.3, -0.25) is 9.59 Å². The van der Waals surface area contributed by atoms with E-state index in [0.717, 1.165) is 11.1 Å². The molecule has 0 unspecified atom stereocenters. The second kappa shape index (κ2) is 7.56. The average molecular weight is 262 g/mol. The van der Waals surface area contributed by atoms with Gasteiger partial charge in [-0.2, -0.15) is 0 Å². The van der Waals surface area contributed by atoms with E-state index in [-0.39, 0.29) is 18.2 Å². The van der Waals surface area contributed by atoms with Gasteiger partial charge in [0.05, 0.1) is 0 Å². The first-order valence-corrected chi connectivity index (χ1v) is 6.57. The maximum atomic E-state index is 11.6. The molecule has 0 fully saturated rings. The standard InChI is InChI=1S/C15H22N2O2/c1-11(2)9-16-14(18)8-15(19)17-10-13-7-5-4-6-12(13)3/h4-7,11H,8-10H2,1-3H3,(H,16,18)(H,17,19). The molecule has 0 spiro atoms. The molecule has 0 heterocycles. The summed E-state index contributed by atoms with van der Waals surface area (Å²) in [5, 5.41) is 5.48. The Morgan fingerprint density at radius 3 is 2.37 bits per heavy atom.